The minimum atomic E-state index is -0.762. The third kappa shape index (κ3) is 3.80. The molecule has 5 nitrogen and oxygen atoms in total. The largest absolute Gasteiger partial charge is 0.322 e. The van der Waals surface area contributed by atoms with Crippen molar-refractivity contribution in [3.8, 4) is 6.07 Å². The summed E-state index contributed by atoms with van der Waals surface area (Å²) in [6.07, 6.45) is 1.17. The van der Waals surface area contributed by atoms with Gasteiger partial charge in [-0.1, -0.05) is 48.5 Å². The lowest BCUT2D eigenvalue weighted by atomic mass is 9.78. The highest BCUT2D eigenvalue weighted by atomic mass is 16.3. The van der Waals surface area contributed by atoms with E-state index in [9.17, 15) is 15.0 Å². The number of aryl methyl sites for hydroxylation is 1. The van der Waals surface area contributed by atoms with Crippen molar-refractivity contribution in [3.63, 3.8) is 0 Å². The number of hydrogen-bond donors (Lipinski definition) is 1. The fourth-order valence-corrected chi connectivity index (χ4v) is 3.38. The summed E-state index contributed by atoms with van der Waals surface area (Å²) in [5.41, 5.74) is 3.27. The van der Waals surface area contributed by atoms with Crippen LogP contribution in [0.1, 0.15) is 36.1 Å². The van der Waals surface area contributed by atoms with Crippen molar-refractivity contribution in [1.29, 1.82) is 5.26 Å². The van der Waals surface area contributed by atoms with Crippen molar-refractivity contribution < 1.29 is 0 Å². The Balaban J connectivity index is 2.01. The Hall–Kier alpha value is -3.26. The van der Waals surface area contributed by atoms with Crippen LogP contribution in [0.4, 0.5) is 0 Å². The molecule has 3 rings (SSSR count). The summed E-state index contributed by atoms with van der Waals surface area (Å²) in [5, 5.41) is 13.8. The quantitative estimate of drug-likeness (QED) is 0.663. The first-order valence-corrected chi connectivity index (χ1v) is 8.93. The van der Waals surface area contributed by atoms with E-state index in [1.54, 1.807) is 0 Å². The standard InChI is InChI=1S/C22H21N3O2/c1-3-17-10-18-7-8-19(11-20(18)25-21(17)26)22(2,14-23)12-15-5-4-6-16(9-15)13-24-27/h4-11H,3,12-13H2,1-2H3,(H,25,26). The number of nitrogens with one attached hydrogen (secondary N) is 1. The summed E-state index contributed by atoms with van der Waals surface area (Å²) in [4.78, 5) is 25.6. The van der Waals surface area contributed by atoms with Crippen LogP contribution in [0.15, 0.2) is 58.5 Å². The van der Waals surface area contributed by atoms with Gasteiger partial charge >= 0.3 is 0 Å². The van der Waals surface area contributed by atoms with Crippen LogP contribution in [0, 0.1) is 16.2 Å². The molecule has 1 aromatic heterocycles. The molecule has 0 spiro atoms. The summed E-state index contributed by atoms with van der Waals surface area (Å²) in [7, 11) is 0. The van der Waals surface area contributed by atoms with E-state index < -0.39 is 5.41 Å². The predicted molar refractivity (Wildman–Crippen MR) is 107 cm³/mol. The zero-order chi connectivity index (χ0) is 19.4. The second-order valence-corrected chi connectivity index (χ2v) is 7.01. The van der Waals surface area contributed by atoms with E-state index in [4.69, 9.17) is 0 Å². The van der Waals surface area contributed by atoms with E-state index in [0.29, 0.717) is 12.8 Å². The minimum Gasteiger partial charge on any atom is -0.322 e. The molecule has 0 fully saturated rings. The number of aromatic amines is 1. The van der Waals surface area contributed by atoms with Crippen LogP contribution in [0.2, 0.25) is 0 Å². The lowest BCUT2D eigenvalue weighted by Crippen LogP contribution is -2.23. The van der Waals surface area contributed by atoms with Crippen LogP contribution in [0.25, 0.3) is 10.9 Å². The average Bonchev–Trinajstić information content (AvgIpc) is 2.67. The second kappa shape index (κ2) is 7.55. The maximum absolute atomic E-state index is 12.1. The van der Waals surface area contributed by atoms with Gasteiger partial charge in [0.15, 0.2) is 0 Å². The molecule has 0 aliphatic carbocycles. The van der Waals surface area contributed by atoms with E-state index in [1.165, 1.54) is 0 Å². The lowest BCUT2D eigenvalue weighted by molar-refractivity contribution is 0.606. The van der Waals surface area contributed by atoms with Crippen molar-refractivity contribution >= 4 is 10.9 Å². The van der Waals surface area contributed by atoms with Crippen molar-refractivity contribution in [3.05, 3.63) is 86.0 Å². The van der Waals surface area contributed by atoms with Crippen molar-refractivity contribution in [2.24, 2.45) is 5.18 Å². The smallest absolute Gasteiger partial charge is 0.251 e. The van der Waals surface area contributed by atoms with E-state index >= 15 is 0 Å². The number of hydrogen-bond acceptors (Lipinski definition) is 4. The molecule has 136 valence electrons. The molecule has 0 saturated heterocycles. The van der Waals surface area contributed by atoms with Crippen molar-refractivity contribution in [2.45, 2.75) is 38.6 Å². The van der Waals surface area contributed by atoms with Gasteiger partial charge in [0.05, 0.1) is 11.5 Å². The molecule has 0 amide bonds. The van der Waals surface area contributed by atoms with Gasteiger partial charge in [0.1, 0.15) is 6.54 Å². The van der Waals surface area contributed by atoms with Gasteiger partial charge in [-0.05, 0) is 54.0 Å². The summed E-state index contributed by atoms with van der Waals surface area (Å²) in [6, 6.07) is 17.7. The molecule has 2 aromatic carbocycles. The van der Waals surface area contributed by atoms with E-state index in [0.717, 1.165) is 33.2 Å². The number of nitrogens with zero attached hydrogens (tertiary/aromatic N) is 2. The number of nitriles is 1. The molecule has 1 heterocycles. The van der Waals surface area contributed by atoms with Gasteiger partial charge in [-0.2, -0.15) is 10.2 Å². The maximum Gasteiger partial charge on any atom is 0.251 e. The Kier molecular flexibility index (Phi) is 5.18. The number of H-pyrrole nitrogens is 1. The minimum absolute atomic E-state index is 0.0881. The number of fused-ring (bicyclic) bond motifs is 1. The zero-order valence-electron chi connectivity index (χ0n) is 15.5. The van der Waals surface area contributed by atoms with Crippen LogP contribution in [0.3, 0.4) is 0 Å². The van der Waals surface area contributed by atoms with Crippen LogP contribution in [-0.4, -0.2) is 4.98 Å². The molecular weight excluding hydrogens is 338 g/mol. The van der Waals surface area contributed by atoms with Crippen molar-refractivity contribution in [2.75, 3.05) is 0 Å². The Bertz CT molecular complexity index is 1090. The monoisotopic (exact) mass is 359 g/mol. The Labute approximate surface area is 157 Å². The summed E-state index contributed by atoms with van der Waals surface area (Å²) < 4.78 is 0. The first-order chi connectivity index (χ1) is 13.0. The molecule has 1 unspecified atom stereocenters. The summed E-state index contributed by atoms with van der Waals surface area (Å²) in [5.74, 6) is 0. The van der Waals surface area contributed by atoms with E-state index in [-0.39, 0.29) is 12.1 Å². The third-order valence-electron chi connectivity index (χ3n) is 4.98. The summed E-state index contributed by atoms with van der Waals surface area (Å²) in [6.45, 7) is 3.96. The number of rotatable bonds is 6. The highest BCUT2D eigenvalue weighted by molar-refractivity contribution is 5.80. The van der Waals surface area contributed by atoms with Gasteiger partial charge < -0.3 is 4.98 Å². The molecule has 0 radical (unpaired) electrons. The maximum atomic E-state index is 12.1. The summed E-state index contributed by atoms with van der Waals surface area (Å²) >= 11 is 0. The second-order valence-electron chi connectivity index (χ2n) is 7.01. The molecule has 1 atom stereocenters. The normalized spacial score (nSPS) is 13.1. The highest BCUT2D eigenvalue weighted by Gasteiger charge is 2.27. The SMILES string of the molecule is CCc1cc2ccc(C(C)(C#N)Cc3cccc(CN=O)c3)cc2[nH]c1=O. The fraction of sp³-hybridized carbons (Fsp3) is 0.273. The topological polar surface area (TPSA) is 86.1 Å². The first-order valence-electron chi connectivity index (χ1n) is 8.93. The number of aromatic nitrogens is 1. The number of benzene rings is 2. The van der Waals surface area contributed by atoms with Gasteiger partial charge in [0.25, 0.3) is 5.56 Å². The zero-order valence-corrected chi connectivity index (χ0v) is 15.5. The molecule has 0 bridgehead atoms. The Morgan fingerprint density at radius 1 is 1.15 bits per heavy atom. The Morgan fingerprint density at radius 3 is 2.63 bits per heavy atom. The highest BCUT2D eigenvalue weighted by Crippen LogP contribution is 2.30. The average molecular weight is 359 g/mol. The van der Waals surface area contributed by atoms with Crippen LogP contribution in [-0.2, 0) is 24.8 Å². The molecule has 0 aliphatic heterocycles. The first kappa shape index (κ1) is 18.5. The van der Waals surface area contributed by atoms with Crippen molar-refractivity contribution in [1.82, 2.24) is 4.98 Å². The van der Waals surface area contributed by atoms with E-state index in [2.05, 4.69) is 16.2 Å². The van der Waals surface area contributed by atoms with Gasteiger partial charge in [0.2, 0.25) is 0 Å². The molecule has 27 heavy (non-hydrogen) atoms. The number of pyridine rings is 1. The van der Waals surface area contributed by atoms with E-state index in [1.807, 2.05) is 62.4 Å². The van der Waals surface area contributed by atoms with Gasteiger partial charge in [-0.15, -0.1) is 0 Å². The van der Waals surface area contributed by atoms with Crippen LogP contribution < -0.4 is 5.56 Å². The molecular formula is C22H21N3O2. The predicted octanol–water partition coefficient (Wildman–Crippen LogP) is 4.38. The molecule has 0 saturated carbocycles. The lowest BCUT2D eigenvalue weighted by Gasteiger charge is -2.23. The van der Waals surface area contributed by atoms with Gasteiger partial charge in [-0.25, -0.2) is 0 Å². The van der Waals surface area contributed by atoms with Gasteiger partial charge in [0, 0.05) is 11.1 Å². The Morgan fingerprint density at radius 2 is 1.93 bits per heavy atom. The van der Waals surface area contributed by atoms with Gasteiger partial charge in [-0.3, -0.25) is 4.79 Å². The molecule has 3 aromatic rings. The van der Waals surface area contributed by atoms with Crippen LogP contribution in [0.5, 0.6) is 0 Å². The fourth-order valence-electron chi connectivity index (χ4n) is 3.38. The third-order valence-corrected chi connectivity index (χ3v) is 4.98. The molecule has 5 heteroatoms. The molecule has 0 aliphatic rings. The van der Waals surface area contributed by atoms with Crippen LogP contribution >= 0.6 is 0 Å². The number of nitroso groups, excluding NO2 is 1. The molecule has 1 N–H and O–H groups in total.